The SMILES string of the molecule is CCNC(=NCC(OC)C(C)(C)C)NCCc1cnn(C)c1. The predicted molar refractivity (Wildman–Crippen MR) is 91.1 cm³/mol. The topological polar surface area (TPSA) is 63.5 Å². The van der Waals surface area contributed by atoms with Gasteiger partial charge in [0.05, 0.1) is 18.8 Å². The summed E-state index contributed by atoms with van der Waals surface area (Å²) in [5.41, 5.74) is 1.29. The second-order valence-electron chi connectivity index (χ2n) is 6.51. The van der Waals surface area contributed by atoms with Crippen LogP contribution in [0, 0.1) is 5.41 Å². The molecule has 0 bridgehead atoms. The van der Waals surface area contributed by atoms with Gasteiger partial charge < -0.3 is 15.4 Å². The third-order valence-electron chi connectivity index (χ3n) is 3.47. The number of aryl methyl sites for hydroxylation is 1. The second kappa shape index (κ2) is 8.78. The molecular formula is C16H31N5O. The van der Waals surface area contributed by atoms with Crippen LogP contribution in [0.5, 0.6) is 0 Å². The van der Waals surface area contributed by atoms with Crippen molar-refractivity contribution in [2.24, 2.45) is 17.5 Å². The molecule has 0 saturated carbocycles. The van der Waals surface area contributed by atoms with Gasteiger partial charge in [-0.2, -0.15) is 5.10 Å². The van der Waals surface area contributed by atoms with Crippen LogP contribution in [0.4, 0.5) is 0 Å². The zero-order chi connectivity index (χ0) is 16.6. The zero-order valence-electron chi connectivity index (χ0n) is 14.8. The Hall–Kier alpha value is -1.56. The van der Waals surface area contributed by atoms with E-state index in [9.17, 15) is 0 Å². The van der Waals surface area contributed by atoms with E-state index in [-0.39, 0.29) is 11.5 Å². The molecule has 1 rings (SSSR count). The molecule has 0 aromatic carbocycles. The smallest absolute Gasteiger partial charge is 0.191 e. The fourth-order valence-corrected chi connectivity index (χ4v) is 2.14. The van der Waals surface area contributed by atoms with Crippen molar-refractivity contribution in [1.82, 2.24) is 20.4 Å². The molecule has 1 aromatic heterocycles. The number of guanidine groups is 1. The summed E-state index contributed by atoms with van der Waals surface area (Å²) in [6.45, 7) is 10.9. The maximum Gasteiger partial charge on any atom is 0.191 e. The third-order valence-corrected chi connectivity index (χ3v) is 3.47. The Morgan fingerprint density at radius 3 is 2.64 bits per heavy atom. The number of rotatable bonds is 7. The monoisotopic (exact) mass is 309 g/mol. The standard InChI is InChI=1S/C16H31N5O/c1-7-17-15(19-11-14(22-6)16(2,3)4)18-9-8-13-10-20-21(5)12-13/h10,12,14H,7-9,11H2,1-6H3,(H2,17,18,19). The van der Waals surface area contributed by atoms with E-state index < -0.39 is 0 Å². The summed E-state index contributed by atoms with van der Waals surface area (Å²) < 4.78 is 7.37. The van der Waals surface area contributed by atoms with Crippen molar-refractivity contribution in [1.29, 1.82) is 0 Å². The largest absolute Gasteiger partial charge is 0.379 e. The summed E-state index contributed by atoms with van der Waals surface area (Å²) in [7, 11) is 3.67. The van der Waals surface area contributed by atoms with Crippen LogP contribution in [0.1, 0.15) is 33.3 Å². The lowest BCUT2D eigenvalue weighted by Gasteiger charge is -2.28. The molecular weight excluding hydrogens is 278 g/mol. The molecule has 0 fully saturated rings. The minimum atomic E-state index is 0.0747. The first kappa shape index (κ1) is 18.5. The van der Waals surface area contributed by atoms with Gasteiger partial charge in [-0.1, -0.05) is 20.8 Å². The molecule has 0 radical (unpaired) electrons. The van der Waals surface area contributed by atoms with Gasteiger partial charge in [0.25, 0.3) is 0 Å². The maximum absolute atomic E-state index is 5.55. The fraction of sp³-hybridized carbons (Fsp3) is 0.750. The van der Waals surface area contributed by atoms with Gasteiger partial charge in [-0.25, -0.2) is 0 Å². The lowest BCUT2D eigenvalue weighted by molar-refractivity contribution is 0.0241. The molecule has 22 heavy (non-hydrogen) atoms. The molecule has 0 saturated heterocycles. The molecule has 6 nitrogen and oxygen atoms in total. The molecule has 6 heteroatoms. The van der Waals surface area contributed by atoms with E-state index >= 15 is 0 Å². The molecule has 0 aliphatic rings. The van der Waals surface area contributed by atoms with Gasteiger partial charge in [0, 0.05) is 33.4 Å². The van der Waals surface area contributed by atoms with Crippen molar-refractivity contribution in [3.63, 3.8) is 0 Å². The molecule has 0 amide bonds. The Kier molecular flexibility index (Phi) is 7.38. The van der Waals surface area contributed by atoms with Gasteiger partial charge in [-0.15, -0.1) is 0 Å². The zero-order valence-corrected chi connectivity index (χ0v) is 14.8. The summed E-state index contributed by atoms with van der Waals surface area (Å²) in [5.74, 6) is 0.831. The van der Waals surface area contributed by atoms with Crippen LogP contribution in [0.2, 0.25) is 0 Å². The van der Waals surface area contributed by atoms with E-state index in [1.54, 1.807) is 7.11 Å². The van der Waals surface area contributed by atoms with Crippen LogP contribution in [0.15, 0.2) is 17.4 Å². The van der Waals surface area contributed by atoms with Crippen LogP contribution >= 0.6 is 0 Å². The summed E-state index contributed by atoms with van der Waals surface area (Å²) in [5, 5.41) is 10.8. The van der Waals surface area contributed by atoms with Crippen LogP contribution in [0.25, 0.3) is 0 Å². The Balaban J connectivity index is 2.51. The summed E-state index contributed by atoms with van der Waals surface area (Å²) in [6.07, 6.45) is 4.95. The highest BCUT2D eigenvalue weighted by atomic mass is 16.5. The molecule has 1 unspecified atom stereocenters. The van der Waals surface area contributed by atoms with Gasteiger partial charge in [0.15, 0.2) is 5.96 Å². The van der Waals surface area contributed by atoms with Crippen molar-refractivity contribution in [2.75, 3.05) is 26.7 Å². The highest BCUT2D eigenvalue weighted by Crippen LogP contribution is 2.21. The highest BCUT2D eigenvalue weighted by molar-refractivity contribution is 5.79. The normalized spacial score (nSPS) is 14.0. The summed E-state index contributed by atoms with van der Waals surface area (Å²) in [4.78, 5) is 4.64. The van der Waals surface area contributed by atoms with Crippen molar-refractivity contribution in [3.8, 4) is 0 Å². The molecule has 0 aliphatic carbocycles. The molecule has 1 aromatic rings. The van der Waals surface area contributed by atoms with E-state index in [2.05, 4.69) is 48.4 Å². The van der Waals surface area contributed by atoms with Crippen LogP contribution in [-0.2, 0) is 18.2 Å². The Bertz CT molecular complexity index is 461. The maximum atomic E-state index is 5.55. The van der Waals surface area contributed by atoms with Gasteiger partial charge >= 0.3 is 0 Å². The van der Waals surface area contributed by atoms with Crippen molar-refractivity contribution in [3.05, 3.63) is 18.0 Å². The van der Waals surface area contributed by atoms with Crippen molar-refractivity contribution >= 4 is 5.96 Å². The quantitative estimate of drug-likeness (QED) is 0.593. The van der Waals surface area contributed by atoms with Gasteiger partial charge in [0.2, 0.25) is 0 Å². The second-order valence-corrected chi connectivity index (χ2v) is 6.51. The van der Waals surface area contributed by atoms with Crippen molar-refractivity contribution in [2.45, 2.75) is 40.2 Å². The molecule has 0 spiro atoms. The number of aromatic nitrogens is 2. The number of hydrogen-bond donors (Lipinski definition) is 2. The number of methoxy groups -OCH3 is 1. The van der Waals surface area contributed by atoms with E-state index in [1.807, 2.05) is 24.1 Å². The molecule has 1 atom stereocenters. The Labute approximate surface area is 134 Å². The minimum absolute atomic E-state index is 0.0747. The van der Waals surface area contributed by atoms with E-state index in [1.165, 1.54) is 5.56 Å². The average molecular weight is 309 g/mol. The highest BCUT2D eigenvalue weighted by Gasteiger charge is 2.23. The first-order valence-electron chi connectivity index (χ1n) is 7.89. The van der Waals surface area contributed by atoms with Crippen LogP contribution < -0.4 is 10.6 Å². The van der Waals surface area contributed by atoms with E-state index in [0.717, 1.165) is 25.5 Å². The van der Waals surface area contributed by atoms with E-state index in [4.69, 9.17) is 4.74 Å². The van der Waals surface area contributed by atoms with Gasteiger partial charge in [0.1, 0.15) is 0 Å². The van der Waals surface area contributed by atoms with E-state index in [0.29, 0.717) is 6.54 Å². The lowest BCUT2D eigenvalue weighted by atomic mass is 9.89. The minimum Gasteiger partial charge on any atom is -0.379 e. The third kappa shape index (κ3) is 6.47. The predicted octanol–water partition coefficient (Wildman–Crippen LogP) is 1.58. The van der Waals surface area contributed by atoms with Crippen LogP contribution in [-0.4, -0.2) is 48.6 Å². The van der Waals surface area contributed by atoms with Crippen molar-refractivity contribution < 1.29 is 4.74 Å². The first-order chi connectivity index (χ1) is 10.4. The number of nitrogens with one attached hydrogen (secondary N) is 2. The molecule has 1 heterocycles. The Morgan fingerprint density at radius 1 is 1.41 bits per heavy atom. The average Bonchev–Trinajstić information content (AvgIpc) is 2.83. The molecule has 126 valence electrons. The van der Waals surface area contributed by atoms with Gasteiger partial charge in [-0.05, 0) is 24.3 Å². The fourth-order valence-electron chi connectivity index (χ4n) is 2.14. The number of aliphatic imine (C=N–C) groups is 1. The summed E-state index contributed by atoms with van der Waals surface area (Å²) in [6, 6.07) is 0. The first-order valence-corrected chi connectivity index (χ1v) is 7.89. The molecule has 2 N–H and O–H groups in total. The lowest BCUT2D eigenvalue weighted by Crippen LogP contribution is -2.40. The summed E-state index contributed by atoms with van der Waals surface area (Å²) >= 11 is 0. The number of hydrogen-bond acceptors (Lipinski definition) is 3. The number of nitrogens with zero attached hydrogens (tertiary/aromatic N) is 3. The van der Waals surface area contributed by atoms with Gasteiger partial charge in [-0.3, -0.25) is 9.67 Å². The van der Waals surface area contributed by atoms with Crippen LogP contribution in [0.3, 0.4) is 0 Å². The number of ether oxygens (including phenoxy) is 1. The molecule has 0 aliphatic heterocycles. The Morgan fingerprint density at radius 2 is 2.14 bits per heavy atom.